The first kappa shape index (κ1) is 13.8. The van der Waals surface area contributed by atoms with Crippen molar-refractivity contribution in [2.75, 3.05) is 0 Å². The van der Waals surface area contributed by atoms with E-state index in [4.69, 9.17) is 0 Å². The van der Waals surface area contributed by atoms with Gasteiger partial charge in [0.2, 0.25) is 0 Å². The normalized spacial score (nSPS) is 52.0. The third-order valence-electron chi connectivity index (χ3n) is 7.51. The van der Waals surface area contributed by atoms with Gasteiger partial charge in [-0.25, -0.2) is 0 Å². The number of aliphatic hydroxyl groups is 1. The van der Waals surface area contributed by atoms with Crippen molar-refractivity contribution < 1.29 is 9.90 Å². The second kappa shape index (κ2) is 4.32. The average molecular weight is 286 g/mol. The van der Waals surface area contributed by atoms with E-state index in [1.807, 2.05) is 6.08 Å². The first-order valence-electron chi connectivity index (χ1n) is 8.57. The Kier molecular flexibility index (Phi) is 2.83. The minimum Gasteiger partial charge on any atom is -0.393 e. The van der Waals surface area contributed by atoms with Gasteiger partial charge in [0.15, 0.2) is 5.78 Å². The molecule has 114 valence electrons. The van der Waals surface area contributed by atoms with Crippen LogP contribution in [0.1, 0.15) is 52.4 Å². The Bertz CT molecular complexity index is 546. The number of rotatable bonds is 0. The van der Waals surface area contributed by atoms with Gasteiger partial charge in [-0.05, 0) is 73.8 Å². The third-order valence-corrected chi connectivity index (χ3v) is 7.51. The number of ketones is 1. The van der Waals surface area contributed by atoms with Gasteiger partial charge in [0.1, 0.15) is 0 Å². The fourth-order valence-corrected chi connectivity index (χ4v) is 6.17. The van der Waals surface area contributed by atoms with E-state index in [0.29, 0.717) is 11.8 Å². The van der Waals surface area contributed by atoms with Gasteiger partial charge in [0.05, 0.1) is 6.10 Å². The van der Waals surface area contributed by atoms with Crippen molar-refractivity contribution in [1.82, 2.24) is 0 Å². The molecule has 0 unspecified atom stereocenters. The van der Waals surface area contributed by atoms with Crippen molar-refractivity contribution in [1.29, 1.82) is 0 Å². The summed E-state index contributed by atoms with van der Waals surface area (Å²) in [4.78, 5) is 11.7. The number of carbonyl (C=O) groups excluding carboxylic acids is 1. The standard InChI is InChI=1S/C19H26O2/c1-18-9-7-13(20)11-12(18)3-4-14-15-5-6-17(21)19(15,2)10-8-16(14)18/h7,9,11,14-17,21H,3-6,8,10H2,1-2H3/t14-,15+,16+,17+,18-,19+/m0/s1. The molecule has 3 fully saturated rings. The quantitative estimate of drug-likeness (QED) is 0.738. The lowest BCUT2D eigenvalue weighted by Gasteiger charge is -2.56. The highest BCUT2D eigenvalue weighted by Crippen LogP contribution is 2.64. The van der Waals surface area contributed by atoms with Crippen LogP contribution in [0, 0.1) is 28.6 Å². The molecule has 0 amide bonds. The third kappa shape index (κ3) is 1.72. The maximum atomic E-state index is 11.7. The van der Waals surface area contributed by atoms with E-state index < -0.39 is 0 Å². The van der Waals surface area contributed by atoms with Gasteiger partial charge in [0.25, 0.3) is 0 Å². The van der Waals surface area contributed by atoms with Crippen LogP contribution < -0.4 is 0 Å². The van der Waals surface area contributed by atoms with E-state index in [0.717, 1.165) is 25.2 Å². The van der Waals surface area contributed by atoms with E-state index >= 15 is 0 Å². The molecule has 2 heteroatoms. The molecule has 6 atom stereocenters. The maximum absolute atomic E-state index is 11.7. The fourth-order valence-electron chi connectivity index (χ4n) is 6.17. The van der Waals surface area contributed by atoms with Gasteiger partial charge >= 0.3 is 0 Å². The minimum atomic E-state index is -0.100. The van der Waals surface area contributed by atoms with E-state index in [1.54, 1.807) is 6.08 Å². The van der Waals surface area contributed by atoms with Crippen LogP contribution in [0.5, 0.6) is 0 Å². The van der Waals surface area contributed by atoms with Gasteiger partial charge in [-0.15, -0.1) is 0 Å². The van der Waals surface area contributed by atoms with Crippen LogP contribution in [0.4, 0.5) is 0 Å². The Balaban J connectivity index is 1.70. The summed E-state index contributed by atoms with van der Waals surface area (Å²) in [6.45, 7) is 4.66. The van der Waals surface area contributed by atoms with E-state index in [2.05, 4.69) is 19.9 Å². The van der Waals surface area contributed by atoms with Crippen molar-refractivity contribution in [3.8, 4) is 0 Å². The van der Waals surface area contributed by atoms with Crippen LogP contribution in [0.2, 0.25) is 0 Å². The van der Waals surface area contributed by atoms with Crippen LogP contribution in [0.3, 0.4) is 0 Å². The Morgan fingerprint density at radius 1 is 1.14 bits per heavy atom. The molecule has 0 spiro atoms. The summed E-state index contributed by atoms with van der Waals surface area (Å²) in [6, 6.07) is 0. The molecule has 0 saturated heterocycles. The highest BCUT2D eigenvalue weighted by molar-refractivity contribution is 6.01. The zero-order chi connectivity index (χ0) is 14.8. The minimum absolute atomic E-state index is 0.0890. The molecule has 1 N–H and O–H groups in total. The maximum Gasteiger partial charge on any atom is 0.178 e. The Morgan fingerprint density at radius 2 is 1.95 bits per heavy atom. The first-order valence-corrected chi connectivity index (χ1v) is 8.57. The van der Waals surface area contributed by atoms with Gasteiger partial charge < -0.3 is 5.11 Å². The van der Waals surface area contributed by atoms with Crippen molar-refractivity contribution >= 4 is 5.78 Å². The number of hydrogen-bond donors (Lipinski definition) is 1. The molecule has 0 heterocycles. The second-order valence-electron chi connectivity index (χ2n) is 8.24. The van der Waals surface area contributed by atoms with E-state index in [-0.39, 0.29) is 22.7 Å². The molecule has 21 heavy (non-hydrogen) atoms. The molecule has 3 saturated carbocycles. The summed E-state index contributed by atoms with van der Waals surface area (Å²) >= 11 is 0. The average Bonchev–Trinajstić information content (AvgIpc) is 2.76. The molecule has 0 aromatic rings. The number of hydrogen-bond acceptors (Lipinski definition) is 2. The zero-order valence-electron chi connectivity index (χ0n) is 13.1. The molecular formula is C19H26O2. The fraction of sp³-hybridized carbons (Fsp3) is 0.737. The molecule has 0 bridgehead atoms. The lowest BCUT2D eigenvalue weighted by Crippen LogP contribution is -2.50. The van der Waals surface area contributed by atoms with Crippen LogP contribution in [0.25, 0.3) is 0 Å². The summed E-state index contributed by atoms with van der Waals surface area (Å²) < 4.78 is 0. The molecular weight excluding hydrogens is 260 g/mol. The molecule has 2 nitrogen and oxygen atoms in total. The largest absolute Gasteiger partial charge is 0.393 e. The predicted molar refractivity (Wildman–Crippen MR) is 82.6 cm³/mol. The van der Waals surface area contributed by atoms with Gasteiger partial charge in [-0.2, -0.15) is 0 Å². The molecule has 4 rings (SSSR count). The predicted octanol–water partition coefficient (Wildman–Crippen LogP) is 3.66. The van der Waals surface area contributed by atoms with Crippen LogP contribution in [0.15, 0.2) is 23.8 Å². The zero-order valence-corrected chi connectivity index (χ0v) is 13.1. The Labute approximate surface area is 127 Å². The number of fused-ring (bicyclic) bond motifs is 5. The van der Waals surface area contributed by atoms with Crippen LogP contribution in [-0.2, 0) is 4.79 Å². The number of aliphatic hydroxyl groups excluding tert-OH is 1. The molecule has 4 aliphatic carbocycles. The molecule has 4 aliphatic rings. The molecule has 0 aromatic heterocycles. The SMILES string of the molecule is C[C@@]12CC[C@@H]3[C@@H](CCC4=CC(=O)C=C[C@@]43C)[C@H]1CC[C@H]2O. The highest BCUT2D eigenvalue weighted by atomic mass is 16.3. The van der Waals surface area contributed by atoms with Crippen LogP contribution in [-0.4, -0.2) is 17.0 Å². The lowest BCUT2D eigenvalue weighted by molar-refractivity contribution is -0.111. The number of carbonyl (C=O) groups is 1. The summed E-state index contributed by atoms with van der Waals surface area (Å²) in [5.74, 6) is 2.22. The van der Waals surface area contributed by atoms with E-state index in [9.17, 15) is 9.90 Å². The van der Waals surface area contributed by atoms with Crippen molar-refractivity contribution in [3.05, 3.63) is 23.8 Å². The first-order chi connectivity index (χ1) is 9.95. The molecule has 0 aliphatic heterocycles. The van der Waals surface area contributed by atoms with E-state index in [1.165, 1.54) is 24.8 Å². The van der Waals surface area contributed by atoms with Gasteiger partial charge in [-0.3, -0.25) is 4.79 Å². The van der Waals surface area contributed by atoms with Crippen molar-refractivity contribution in [2.45, 2.75) is 58.5 Å². The summed E-state index contributed by atoms with van der Waals surface area (Å²) in [5.41, 5.74) is 1.59. The van der Waals surface area contributed by atoms with Crippen molar-refractivity contribution in [3.63, 3.8) is 0 Å². The molecule has 0 aromatic carbocycles. The topological polar surface area (TPSA) is 37.3 Å². The Morgan fingerprint density at radius 3 is 2.76 bits per heavy atom. The smallest absolute Gasteiger partial charge is 0.178 e. The van der Waals surface area contributed by atoms with Gasteiger partial charge in [-0.1, -0.05) is 25.5 Å². The summed E-state index contributed by atoms with van der Waals surface area (Å²) in [6.07, 6.45) is 12.6. The van der Waals surface area contributed by atoms with Gasteiger partial charge in [0, 0.05) is 5.41 Å². The van der Waals surface area contributed by atoms with Crippen molar-refractivity contribution in [2.24, 2.45) is 28.6 Å². The second-order valence-corrected chi connectivity index (χ2v) is 8.24. The van der Waals surface area contributed by atoms with Crippen LogP contribution >= 0.6 is 0 Å². The number of allylic oxidation sites excluding steroid dienone is 4. The summed E-state index contributed by atoms with van der Waals surface area (Å²) in [5, 5.41) is 10.4. The summed E-state index contributed by atoms with van der Waals surface area (Å²) in [7, 11) is 0. The molecule has 0 radical (unpaired) electrons. The Hall–Kier alpha value is -0.890. The monoisotopic (exact) mass is 286 g/mol. The highest BCUT2D eigenvalue weighted by Gasteiger charge is 2.58. The lowest BCUT2D eigenvalue weighted by atomic mass is 9.48.